The predicted octanol–water partition coefficient (Wildman–Crippen LogP) is 0.0291. The first kappa shape index (κ1) is 6.64. The van der Waals surface area contributed by atoms with Crippen LogP contribution in [0.5, 0.6) is 0 Å². The summed E-state index contributed by atoms with van der Waals surface area (Å²) in [7, 11) is 0. The molecule has 0 amide bonds. The summed E-state index contributed by atoms with van der Waals surface area (Å²) in [6, 6.07) is 0. The number of rotatable bonds is 1. The summed E-state index contributed by atoms with van der Waals surface area (Å²) in [6.07, 6.45) is 1.55. The van der Waals surface area contributed by atoms with E-state index in [0.717, 1.165) is 11.8 Å². The highest BCUT2D eigenvalue weighted by molar-refractivity contribution is 8.04. The summed E-state index contributed by atoms with van der Waals surface area (Å²) in [5.41, 5.74) is 0. The summed E-state index contributed by atoms with van der Waals surface area (Å²) >= 11 is 1.07. The normalized spacial score (nSPS) is 32.2. The zero-order valence-electron chi connectivity index (χ0n) is 4.92. The number of ketones is 1. The van der Waals surface area contributed by atoms with E-state index >= 15 is 0 Å². The van der Waals surface area contributed by atoms with Gasteiger partial charge in [0.1, 0.15) is 0 Å². The number of Topliss-reactive ketones (excluding diaryl/α,β-unsaturated/α-hetero) is 1. The van der Waals surface area contributed by atoms with E-state index in [2.05, 4.69) is 5.32 Å². The third kappa shape index (κ3) is 1.09. The predicted molar refractivity (Wildman–Crippen MR) is 35.5 cm³/mol. The lowest BCUT2D eigenvalue weighted by atomic mass is 10.4. The van der Waals surface area contributed by atoms with Crippen molar-refractivity contribution in [1.29, 1.82) is 0 Å². The maximum atomic E-state index is 10.6. The molecule has 0 aliphatic carbocycles. The van der Waals surface area contributed by atoms with Gasteiger partial charge in [0, 0.05) is 13.1 Å². The van der Waals surface area contributed by atoms with Crippen LogP contribution in [-0.4, -0.2) is 15.9 Å². The van der Waals surface area contributed by atoms with Crippen LogP contribution < -0.4 is 5.32 Å². The SMILES string of the molecule is CC(=O)C1(O)NC=CS1. The molecular formula is C5H7NO2S. The van der Waals surface area contributed by atoms with Crippen LogP contribution in [0.25, 0.3) is 0 Å². The number of thioether (sulfide) groups is 1. The van der Waals surface area contributed by atoms with Crippen molar-refractivity contribution in [2.45, 2.75) is 12.0 Å². The van der Waals surface area contributed by atoms with Gasteiger partial charge in [0.15, 0.2) is 5.78 Å². The molecule has 4 heteroatoms. The summed E-state index contributed by atoms with van der Waals surface area (Å²) in [6.45, 7) is 1.34. The molecular weight excluding hydrogens is 138 g/mol. The fourth-order valence-electron chi connectivity index (χ4n) is 0.498. The van der Waals surface area contributed by atoms with E-state index in [9.17, 15) is 9.90 Å². The summed E-state index contributed by atoms with van der Waals surface area (Å²) in [5.74, 6) is -0.280. The maximum Gasteiger partial charge on any atom is 0.249 e. The van der Waals surface area contributed by atoms with E-state index in [1.165, 1.54) is 6.92 Å². The molecule has 1 heterocycles. The molecule has 1 unspecified atom stereocenters. The Labute approximate surface area is 57.1 Å². The first-order chi connectivity index (χ1) is 4.15. The zero-order valence-corrected chi connectivity index (χ0v) is 5.73. The largest absolute Gasteiger partial charge is 0.356 e. The number of hydrogen-bond donors (Lipinski definition) is 2. The first-order valence-corrected chi connectivity index (χ1v) is 3.37. The Kier molecular flexibility index (Phi) is 1.50. The highest BCUT2D eigenvalue weighted by atomic mass is 32.2. The molecule has 50 valence electrons. The van der Waals surface area contributed by atoms with Crippen molar-refractivity contribution < 1.29 is 9.90 Å². The van der Waals surface area contributed by atoms with Gasteiger partial charge in [0.2, 0.25) is 5.06 Å². The van der Waals surface area contributed by atoms with Crippen LogP contribution in [0.3, 0.4) is 0 Å². The van der Waals surface area contributed by atoms with Gasteiger partial charge >= 0.3 is 0 Å². The zero-order chi connectivity index (χ0) is 6.91. The summed E-state index contributed by atoms with van der Waals surface area (Å²) in [4.78, 5) is 10.6. The molecule has 2 N–H and O–H groups in total. The number of aliphatic hydroxyl groups is 1. The third-order valence-electron chi connectivity index (χ3n) is 1.06. The Bertz CT molecular complexity index is 158. The second kappa shape index (κ2) is 2.04. The molecule has 1 atom stereocenters. The van der Waals surface area contributed by atoms with E-state index in [1.807, 2.05) is 0 Å². The summed E-state index contributed by atoms with van der Waals surface area (Å²) in [5, 5.41) is 12.0. The topological polar surface area (TPSA) is 49.3 Å². The van der Waals surface area contributed by atoms with Crippen molar-refractivity contribution in [2.75, 3.05) is 0 Å². The highest BCUT2D eigenvalue weighted by Gasteiger charge is 2.33. The minimum Gasteiger partial charge on any atom is -0.356 e. The van der Waals surface area contributed by atoms with Crippen LogP contribution in [-0.2, 0) is 4.79 Å². The average molecular weight is 145 g/mol. The fraction of sp³-hybridized carbons (Fsp3) is 0.400. The highest BCUT2D eigenvalue weighted by Crippen LogP contribution is 2.25. The van der Waals surface area contributed by atoms with Gasteiger partial charge < -0.3 is 10.4 Å². The molecule has 0 bridgehead atoms. The van der Waals surface area contributed by atoms with Crippen molar-refractivity contribution in [2.24, 2.45) is 0 Å². The average Bonchev–Trinajstić information content (AvgIpc) is 2.16. The van der Waals surface area contributed by atoms with Crippen LogP contribution in [0.15, 0.2) is 11.6 Å². The Hall–Kier alpha value is -0.480. The lowest BCUT2D eigenvalue weighted by molar-refractivity contribution is -0.128. The molecule has 1 aliphatic rings. The van der Waals surface area contributed by atoms with Gasteiger partial charge in [-0.2, -0.15) is 0 Å². The van der Waals surface area contributed by atoms with Crippen molar-refractivity contribution >= 4 is 17.5 Å². The molecule has 1 rings (SSSR count). The summed E-state index contributed by atoms with van der Waals surface area (Å²) < 4.78 is 0. The number of carbonyl (C=O) groups is 1. The van der Waals surface area contributed by atoms with E-state index in [4.69, 9.17) is 0 Å². The molecule has 0 saturated heterocycles. The van der Waals surface area contributed by atoms with Crippen LogP contribution in [0.1, 0.15) is 6.92 Å². The lowest BCUT2D eigenvalue weighted by Gasteiger charge is -2.17. The van der Waals surface area contributed by atoms with Crippen LogP contribution >= 0.6 is 11.8 Å². The van der Waals surface area contributed by atoms with Crippen LogP contribution in [0.2, 0.25) is 0 Å². The Balaban J connectivity index is 2.66. The Morgan fingerprint density at radius 2 is 2.56 bits per heavy atom. The monoisotopic (exact) mass is 145 g/mol. The molecule has 1 aliphatic heterocycles. The van der Waals surface area contributed by atoms with Crippen LogP contribution in [0.4, 0.5) is 0 Å². The van der Waals surface area contributed by atoms with Gasteiger partial charge in [-0.05, 0) is 5.41 Å². The van der Waals surface area contributed by atoms with Gasteiger partial charge in [-0.15, -0.1) is 0 Å². The number of carbonyl (C=O) groups excluding carboxylic acids is 1. The van der Waals surface area contributed by atoms with Gasteiger partial charge in [-0.1, -0.05) is 11.8 Å². The minimum absolute atomic E-state index is 0.280. The standard InChI is InChI=1S/C5H7NO2S/c1-4(7)5(8)6-2-3-9-5/h2-3,6,8H,1H3. The van der Waals surface area contributed by atoms with E-state index in [1.54, 1.807) is 11.6 Å². The van der Waals surface area contributed by atoms with Crippen molar-refractivity contribution in [3.63, 3.8) is 0 Å². The minimum atomic E-state index is -1.39. The molecule has 0 spiro atoms. The molecule has 0 aromatic heterocycles. The van der Waals surface area contributed by atoms with Gasteiger partial charge in [0.25, 0.3) is 0 Å². The number of nitrogens with one attached hydrogen (secondary N) is 1. The lowest BCUT2D eigenvalue weighted by Crippen LogP contribution is -2.42. The smallest absolute Gasteiger partial charge is 0.249 e. The second-order valence-electron chi connectivity index (χ2n) is 1.77. The molecule has 9 heavy (non-hydrogen) atoms. The molecule has 0 aromatic carbocycles. The van der Waals surface area contributed by atoms with Gasteiger partial charge in [0.05, 0.1) is 0 Å². The van der Waals surface area contributed by atoms with Crippen LogP contribution in [0, 0.1) is 0 Å². The van der Waals surface area contributed by atoms with E-state index in [0.29, 0.717) is 0 Å². The second-order valence-corrected chi connectivity index (χ2v) is 2.86. The molecule has 0 aromatic rings. The van der Waals surface area contributed by atoms with E-state index in [-0.39, 0.29) is 5.78 Å². The van der Waals surface area contributed by atoms with Crippen molar-refractivity contribution in [1.82, 2.24) is 5.32 Å². The van der Waals surface area contributed by atoms with Crippen molar-refractivity contribution in [3.05, 3.63) is 11.6 Å². The quantitative estimate of drug-likeness (QED) is 0.546. The van der Waals surface area contributed by atoms with Gasteiger partial charge in [-0.25, -0.2) is 0 Å². The third-order valence-corrected chi connectivity index (χ3v) is 2.08. The molecule has 0 fully saturated rings. The number of hydrogen-bond acceptors (Lipinski definition) is 4. The fourth-order valence-corrected chi connectivity index (χ4v) is 1.13. The Morgan fingerprint density at radius 3 is 2.78 bits per heavy atom. The Morgan fingerprint density at radius 1 is 1.89 bits per heavy atom. The first-order valence-electron chi connectivity index (χ1n) is 2.49. The van der Waals surface area contributed by atoms with Gasteiger partial charge in [-0.3, -0.25) is 4.79 Å². The molecule has 0 saturated carbocycles. The van der Waals surface area contributed by atoms with E-state index < -0.39 is 5.06 Å². The molecule has 3 nitrogen and oxygen atoms in total. The van der Waals surface area contributed by atoms with Crippen molar-refractivity contribution in [3.8, 4) is 0 Å². The molecule has 0 radical (unpaired) electrons. The maximum absolute atomic E-state index is 10.6.